The zero-order valence-corrected chi connectivity index (χ0v) is 14.4. The van der Waals surface area contributed by atoms with Gasteiger partial charge in [0.05, 0.1) is 32.0 Å². The number of benzene rings is 2. The maximum atomic E-state index is 12.1. The molecule has 0 fully saturated rings. The quantitative estimate of drug-likeness (QED) is 0.802. The van der Waals surface area contributed by atoms with Crippen LogP contribution in [-0.4, -0.2) is 27.2 Å². The van der Waals surface area contributed by atoms with Crippen molar-refractivity contribution in [2.45, 2.75) is 0 Å². The Hall–Kier alpha value is -2.66. The molecule has 126 valence electrons. The zero-order valence-electron chi connectivity index (χ0n) is 13.6. The van der Waals surface area contributed by atoms with Gasteiger partial charge in [0.25, 0.3) is 0 Å². The maximum absolute atomic E-state index is 12.1. The Morgan fingerprint density at radius 1 is 1.00 bits per heavy atom. The summed E-state index contributed by atoms with van der Waals surface area (Å²) in [7, 11) is 4.60. The van der Waals surface area contributed by atoms with Gasteiger partial charge in [-0.05, 0) is 30.3 Å². The van der Waals surface area contributed by atoms with Crippen LogP contribution in [0.5, 0.6) is 17.2 Å². The molecular weight excluding hydrogens is 330 g/mol. The Bertz CT molecular complexity index is 759. The SMILES string of the molecule is COc1ccc(/C=C/C(=O)Nc2ccccc2Cl)c(OC)c1OC. The van der Waals surface area contributed by atoms with Gasteiger partial charge in [-0.3, -0.25) is 4.79 Å². The third-order valence-electron chi connectivity index (χ3n) is 3.28. The van der Waals surface area contributed by atoms with Crippen LogP contribution in [0.4, 0.5) is 5.69 Å². The third kappa shape index (κ3) is 4.00. The molecule has 1 amide bonds. The monoisotopic (exact) mass is 347 g/mol. The summed E-state index contributed by atoms with van der Waals surface area (Å²) in [6.07, 6.45) is 3.03. The summed E-state index contributed by atoms with van der Waals surface area (Å²) in [4.78, 5) is 12.1. The number of hydrogen-bond acceptors (Lipinski definition) is 4. The fourth-order valence-corrected chi connectivity index (χ4v) is 2.34. The average Bonchev–Trinajstić information content (AvgIpc) is 2.60. The molecule has 0 saturated carbocycles. The Morgan fingerprint density at radius 3 is 2.33 bits per heavy atom. The fraction of sp³-hybridized carbons (Fsp3) is 0.167. The van der Waals surface area contributed by atoms with E-state index >= 15 is 0 Å². The summed E-state index contributed by atoms with van der Waals surface area (Å²) in [5, 5.41) is 3.19. The first-order chi connectivity index (χ1) is 11.6. The van der Waals surface area contributed by atoms with Gasteiger partial charge in [0, 0.05) is 11.6 Å². The Morgan fingerprint density at radius 2 is 1.71 bits per heavy atom. The number of para-hydroxylation sites is 1. The van der Waals surface area contributed by atoms with Crippen molar-refractivity contribution in [3.8, 4) is 17.2 Å². The van der Waals surface area contributed by atoms with Crippen LogP contribution in [0.1, 0.15) is 5.56 Å². The molecule has 0 heterocycles. The summed E-state index contributed by atoms with van der Waals surface area (Å²) in [5.74, 6) is 1.19. The van der Waals surface area contributed by atoms with Crippen molar-refractivity contribution in [3.63, 3.8) is 0 Å². The van der Waals surface area contributed by atoms with E-state index in [1.165, 1.54) is 20.3 Å². The molecule has 0 bridgehead atoms. The van der Waals surface area contributed by atoms with E-state index < -0.39 is 0 Å². The molecule has 0 saturated heterocycles. The number of hydrogen-bond donors (Lipinski definition) is 1. The predicted molar refractivity (Wildman–Crippen MR) is 95.2 cm³/mol. The first-order valence-corrected chi connectivity index (χ1v) is 7.51. The first kappa shape index (κ1) is 17.7. The number of methoxy groups -OCH3 is 3. The van der Waals surface area contributed by atoms with Crippen LogP contribution in [0, 0.1) is 0 Å². The van der Waals surface area contributed by atoms with Crippen molar-refractivity contribution >= 4 is 29.3 Å². The second kappa shape index (κ2) is 8.26. The van der Waals surface area contributed by atoms with Crippen LogP contribution in [0.2, 0.25) is 5.02 Å². The highest BCUT2D eigenvalue weighted by Gasteiger charge is 2.14. The van der Waals surface area contributed by atoms with Crippen molar-refractivity contribution in [1.29, 1.82) is 0 Å². The standard InChI is InChI=1S/C18H18ClNO4/c1-22-15-10-8-12(17(23-2)18(15)24-3)9-11-16(21)20-14-7-5-4-6-13(14)19/h4-11H,1-3H3,(H,20,21)/b11-9+. The number of anilines is 1. The van der Waals surface area contributed by atoms with Crippen molar-refractivity contribution in [1.82, 2.24) is 0 Å². The molecule has 2 rings (SSSR count). The van der Waals surface area contributed by atoms with Gasteiger partial charge in [0.2, 0.25) is 11.7 Å². The average molecular weight is 348 g/mol. The van der Waals surface area contributed by atoms with Gasteiger partial charge < -0.3 is 19.5 Å². The molecule has 2 aromatic rings. The highest BCUT2D eigenvalue weighted by atomic mass is 35.5. The maximum Gasteiger partial charge on any atom is 0.248 e. The van der Waals surface area contributed by atoms with E-state index in [1.54, 1.807) is 49.6 Å². The van der Waals surface area contributed by atoms with Crippen molar-refractivity contribution in [2.24, 2.45) is 0 Å². The summed E-state index contributed by atoms with van der Waals surface area (Å²) < 4.78 is 15.9. The number of carbonyl (C=O) groups is 1. The molecule has 0 aliphatic rings. The second-order valence-electron chi connectivity index (χ2n) is 4.73. The largest absolute Gasteiger partial charge is 0.493 e. The molecule has 0 spiro atoms. The van der Waals surface area contributed by atoms with E-state index in [2.05, 4.69) is 5.32 Å². The van der Waals surface area contributed by atoms with Crippen molar-refractivity contribution in [2.75, 3.05) is 26.6 Å². The van der Waals surface area contributed by atoms with E-state index in [0.717, 1.165) is 0 Å². The molecular formula is C18H18ClNO4. The summed E-state index contributed by atoms with van der Waals surface area (Å²) in [5.41, 5.74) is 1.23. The van der Waals surface area contributed by atoms with Crippen LogP contribution in [0.3, 0.4) is 0 Å². The number of nitrogens with one attached hydrogen (secondary N) is 1. The van der Waals surface area contributed by atoms with E-state index in [1.807, 2.05) is 0 Å². The molecule has 0 aliphatic heterocycles. The lowest BCUT2D eigenvalue weighted by Gasteiger charge is -2.14. The molecule has 0 atom stereocenters. The van der Waals surface area contributed by atoms with E-state index in [4.69, 9.17) is 25.8 Å². The van der Waals surface area contributed by atoms with Crippen LogP contribution in [0.25, 0.3) is 6.08 Å². The lowest BCUT2D eigenvalue weighted by atomic mass is 10.1. The number of rotatable bonds is 6. The summed E-state index contributed by atoms with van der Waals surface area (Å²) in [6.45, 7) is 0. The minimum absolute atomic E-state index is 0.306. The van der Waals surface area contributed by atoms with Gasteiger partial charge in [-0.1, -0.05) is 23.7 Å². The highest BCUT2D eigenvalue weighted by Crippen LogP contribution is 2.40. The van der Waals surface area contributed by atoms with Crippen LogP contribution >= 0.6 is 11.6 Å². The van der Waals surface area contributed by atoms with Gasteiger partial charge in [0.15, 0.2) is 11.5 Å². The second-order valence-corrected chi connectivity index (χ2v) is 5.13. The van der Waals surface area contributed by atoms with E-state index in [0.29, 0.717) is 33.5 Å². The van der Waals surface area contributed by atoms with Crippen LogP contribution in [0.15, 0.2) is 42.5 Å². The molecule has 6 heteroatoms. The zero-order chi connectivity index (χ0) is 17.5. The molecule has 0 aliphatic carbocycles. The molecule has 1 N–H and O–H groups in total. The van der Waals surface area contributed by atoms with Gasteiger partial charge in [-0.2, -0.15) is 0 Å². The predicted octanol–water partition coefficient (Wildman–Crippen LogP) is 4.02. The fourth-order valence-electron chi connectivity index (χ4n) is 2.16. The lowest BCUT2D eigenvalue weighted by molar-refractivity contribution is -0.111. The summed E-state index contributed by atoms with van der Waals surface area (Å²) in [6, 6.07) is 10.5. The Kier molecular flexibility index (Phi) is 6.09. The Balaban J connectivity index is 2.22. The van der Waals surface area contributed by atoms with Gasteiger partial charge in [-0.15, -0.1) is 0 Å². The third-order valence-corrected chi connectivity index (χ3v) is 3.61. The van der Waals surface area contributed by atoms with E-state index in [9.17, 15) is 4.79 Å². The number of ether oxygens (including phenoxy) is 3. The van der Waals surface area contributed by atoms with Crippen molar-refractivity contribution in [3.05, 3.63) is 53.1 Å². The minimum Gasteiger partial charge on any atom is -0.493 e. The molecule has 24 heavy (non-hydrogen) atoms. The molecule has 0 aromatic heterocycles. The lowest BCUT2D eigenvalue weighted by Crippen LogP contribution is -2.08. The highest BCUT2D eigenvalue weighted by molar-refractivity contribution is 6.33. The van der Waals surface area contributed by atoms with Crippen LogP contribution < -0.4 is 19.5 Å². The van der Waals surface area contributed by atoms with Gasteiger partial charge in [-0.25, -0.2) is 0 Å². The molecule has 0 unspecified atom stereocenters. The molecule has 0 radical (unpaired) electrons. The van der Waals surface area contributed by atoms with Gasteiger partial charge >= 0.3 is 0 Å². The minimum atomic E-state index is -0.306. The normalized spacial score (nSPS) is 10.5. The topological polar surface area (TPSA) is 56.8 Å². The number of carbonyl (C=O) groups excluding carboxylic acids is 1. The van der Waals surface area contributed by atoms with Gasteiger partial charge in [0.1, 0.15) is 0 Å². The summed E-state index contributed by atoms with van der Waals surface area (Å²) >= 11 is 6.02. The Labute approximate surface area is 145 Å². The van der Waals surface area contributed by atoms with Crippen LogP contribution in [-0.2, 0) is 4.79 Å². The smallest absolute Gasteiger partial charge is 0.248 e. The number of halogens is 1. The van der Waals surface area contributed by atoms with E-state index in [-0.39, 0.29) is 5.91 Å². The number of amides is 1. The molecule has 5 nitrogen and oxygen atoms in total. The molecule has 2 aromatic carbocycles. The first-order valence-electron chi connectivity index (χ1n) is 7.13. The van der Waals surface area contributed by atoms with Crippen molar-refractivity contribution < 1.29 is 19.0 Å².